The second kappa shape index (κ2) is 6.03. The number of rotatable bonds is 5. The summed E-state index contributed by atoms with van der Waals surface area (Å²) in [5.41, 5.74) is 0.594. The van der Waals surface area contributed by atoms with E-state index >= 15 is 0 Å². The van der Waals surface area contributed by atoms with Crippen LogP contribution in [0.15, 0.2) is 31.0 Å². The van der Waals surface area contributed by atoms with Gasteiger partial charge in [0.2, 0.25) is 0 Å². The summed E-state index contributed by atoms with van der Waals surface area (Å²) in [6.45, 7) is 5.75. The molecule has 0 saturated carbocycles. The van der Waals surface area contributed by atoms with Crippen LogP contribution >= 0.6 is 0 Å². The van der Waals surface area contributed by atoms with E-state index in [-0.39, 0.29) is 11.9 Å². The van der Waals surface area contributed by atoms with E-state index in [0.717, 1.165) is 12.2 Å². The Labute approximate surface area is 102 Å². The molecule has 1 aromatic heterocycles. The predicted octanol–water partition coefficient (Wildman–Crippen LogP) is 2.16. The highest BCUT2D eigenvalue weighted by atomic mass is 16.2. The molecular formula is C13H19N3O. The highest BCUT2D eigenvalue weighted by molar-refractivity contribution is 5.93. The number of aromatic nitrogens is 1. The van der Waals surface area contributed by atoms with E-state index < -0.39 is 0 Å². The number of nitrogens with one attached hydrogen (secondary N) is 1. The lowest BCUT2D eigenvalue weighted by atomic mass is 10.2. The summed E-state index contributed by atoms with van der Waals surface area (Å²) in [6.07, 6.45) is 4.33. The van der Waals surface area contributed by atoms with Crippen molar-refractivity contribution in [2.45, 2.75) is 19.4 Å². The molecule has 1 aromatic rings. The molecule has 1 unspecified atom stereocenters. The molecular weight excluding hydrogens is 214 g/mol. The van der Waals surface area contributed by atoms with E-state index in [1.807, 2.05) is 12.1 Å². The van der Waals surface area contributed by atoms with Crippen LogP contribution in [0.4, 0.5) is 5.82 Å². The van der Waals surface area contributed by atoms with Gasteiger partial charge in [0.25, 0.3) is 5.91 Å². The average Bonchev–Trinajstić information content (AvgIpc) is 2.29. The van der Waals surface area contributed by atoms with Gasteiger partial charge < -0.3 is 10.2 Å². The minimum atomic E-state index is -0.0387. The molecule has 1 N–H and O–H groups in total. The molecule has 0 radical (unpaired) electrons. The Balaban J connectivity index is 2.68. The van der Waals surface area contributed by atoms with Gasteiger partial charge in [0.05, 0.1) is 5.56 Å². The third-order valence-electron chi connectivity index (χ3n) is 2.33. The minimum absolute atomic E-state index is 0.0387. The van der Waals surface area contributed by atoms with Crippen LogP contribution in [-0.4, -0.2) is 35.9 Å². The average molecular weight is 233 g/mol. The van der Waals surface area contributed by atoms with Crippen LogP contribution in [0.3, 0.4) is 0 Å². The quantitative estimate of drug-likeness (QED) is 0.793. The first-order valence-corrected chi connectivity index (χ1v) is 5.59. The highest BCUT2D eigenvalue weighted by Crippen LogP contribution is 2.09. The maximum atomic E-state index is 11.6. The number of hydrogen-bond donors (Lipinski definition) is 1. The van der Waals surface area contributed by atoms with Gasteiger partial charge in [0.1, 0.15) is 5.82 Å². The standard InChI is InChI=1S/C13H19N3O/c1-5-6-10(2)15-12-8-7-11(9-14-12)13(17)16(3)4/h5,7-10H,1,6H2,2-4H3,(H,14,15). The molecule has 0 aliphatic carbocycles. The summed E-state index contributed by atoms with van der Waals surface area (Å²) in [5.74, 6) is 0.734. The SMILES string of the molecule is C=CCC(C)Nc1ccc(C(=O)N(C)C)cn1. The fourth-order valence-electron chi connectivity index (χ4n) is 1.43. The Morgan fingerprint density at radius 3 is 2.76 bits per heavy atom. The van der Waals surface area contributed by atoms with E-state index in [1.165, 1.54) is 4.90 Å². The second-order valence-corrected chi connectivity index (χ2v) is 4.20. The number of carbonyl (C=O) groups excluding carboxylic acids is 1. The van der Waals surface area contributed by atoms with Gasteiger partial charge in [-0.05, 0) is 25.5 Å². The van der Waals surface area contributed by atoms with Crippen molar-refractivity contribution in [2.75, 3.05) is 19.4 Å². The van der Waals surface area contributed by atoms with E-state index in [9.17, 15) is 4.79 Å². The summed E-state index contributed by atoms with van der Waals surface area (Å²) >= 11 is 0. The summed E-state index contributed by atoms with van der Waals surface area (Å²) in [6, 6.07) is 3.88. The van der Waals surface area contributed by atoms with Gasteiger partial charge in [-0.25, -0.2) is 4.98 Å². The molecule has 92 valence electrons. The summed E-state index contributed by atoms with van der Waals surface area (Å²) in [5, 5.41) is 3.23. The van der Waals surface area contributed by atoms with Gasteiger partial charge in [-0.1, -0.05) is 6.08 Å². The van der Waals surface area contributed by atoms with Crippen LogP contribution in [0, 0.1) is 0 Å². The van der Waals surface area contributed by atoms with Gasteiger partial charge in [0, 0.05) is 26.3 Å². The molecule has 0 aliphatic heterocycles. The van der Waals surface area contributed by atoms with E-state index in [1.54, 1.807) is 26.4 Å². The van der Waals surface area contributed by atoms with Crippen LogP contribution in [0.25, 0.3) is 0 Å². The number of nitrogens with zero attached hydrogens (tertiary/aromatic N) is 2. The Morgan fingerprint density at radius 2 is 2.29 bits per heavy atom. The van der Waals surface area contributed by atoms with Crippen LogP contribution in [0.1, 0.15) is 23.7 Å². The predicted molar refractivity (Wildman–Crippen MR) is 70.2 cm³/mol. The van der Waals surface area contributed by atoms with Crippen molar-refractivity contribution in [3.63, 3.8) is 0 Å². The maximum absolute atomic E-state index is 11.6. The zero-order chi connectivity index (χ0) is 12.8. The first kappa shape index (κ1) is 13.2. The monoisotopic (exact) mass is 233 g/mol. The van der Waals surface area contributed by atoms with E-state index in [2.05, 4.69) is 23.8 Å². The van der Waals surface area contributed by atoms with Crippen molar-refractivity contribution in [1.82, 2.24) is 9.88 Å². The molecule has 4 nitrogen and oxygen atoms in total. The first-order valence-electron chi connectivity index (χ1n) is 5.59. The summed E-state index contributed by atoms with van der Waals surface area (Å²) in [4.78, 5) is 17.4. The van der Waals surface area contributed by atoms with E-state index in [0.29, 0.717) is 5.56 Å². The lowest BCUT2D eigenvalue weighted by Crippen LogP contribution is -2.22. The molecule has 0 spiro atoms. The lowest BCUT2D eigenvalue weighted by Gasteiger charge is -2.13. The number of hydrogen-bond acceptors (Lipinski definition) is 3. The molecule has 1 heterocycles. The zero-order valence-electron chi connectivity index (χ0n) is 10.6. The smallest absolute Gasteiger partial charge is 0.254 e. The van der Waals surface area contributed by atoms with Crippen LogP contribution < -0.4 is 5.32 Å². The van der Waals surface area contributed by atoms with Crippen LogP contribution in [-0.2, 0) is 0 Å². The Morgan fingerprint density at radius 1 is 1.59 bits per heavy atom. The Hall–Kier alpha value is -1.84. The Kier molecular flexibility index (Phi) is 4.69. The van der Waals surface area contributed by atoms with Gasteiger partial charge in [0.15, 0.2) is 0 Å². The zero-order valence-corrected chi connectivity index (χ0v) is 10.6. The van der Waals surface area contributed by atoms with Crippen molar-refractivity contribution in [1.29, 1.82) is 0 Å². The second-order valence-electron chi connectivity index (χ2n) is 4.20. The topological polar surface area (TPSA) is 45.2 Å². The van der Waals surface area contributed by atoms with Gasteiger partial charge in [-0.2, -0.15) is 0 Å². The molecule has 1 amide bonds. The third kappa shape index (κ3) is 3.90. The van der Waals surface area contributed by atoms with Crippen molar-refractivity contribution in [2.24, 2.45) is 0 Å². The van der Waals surface area contributed by atoms with Crippen LogP contribution in [0.2, 0.25) is 0 Å². The molecule has 0 bridgehead atoms. The van der Waals surface area contributed by atoms with Crippen LogP contribution in [0.5, 0.6) is 0 Å². The number of amides is 1. The van der Waals surface area contributed by atoms with Crippen molar-refractivity contribution in [3.8, 4) is 0 Å². The fraction of sp³-hybridized carbons (Fsp3) is 0.385. The molecule has 17 heavy (non-hydrogen) atoms. The Bertz CT molecular complexity index is 384. The number of pyridine rings is 1. The number of anilines is 1. The van der Waals surface area contributed by atoms with Crippen molar-refractivity contribution >= 4 is 11.7 Å². The molecule has 4 heteroatoms. The largest absolute Gasteiger partial charge is 0.367 e. The van der Waals surface area contributed by atoms with E-state index in [4.69, 9.17) is 0 Å². The van der Waals surface area contributed by atoms with Crippen molar-refractivity contribution in [3.05, 3.63) is 36.5 Å². The molecule has 1 rings (SSSR count). The lowest BCUT2D eigenvalue weighted by molar-refractivity contribution is 0.0827. The maximum Gasteiger partial charge on any atom is 0.254 e. The molecule has 0 fully saturated rings. The summed E-state index contributed by atoms with van der Waals surface area (Å²) < 4.78 is 0. The van der Waals surface area contributed by atoms with Gasteiger partial charge in [-0.15, -0.1) is 6.58 Å². The summed E-state index contributed by atoms with van der Waals surface area (Å²) in [7, 11) is 3.45. The fourth-order valence-corrected chi connectivity index (χ4v) is 1.43. The first-order chi connectivity index (χ1) is 8.04. The van der Waals surface area contributed by atoms with Crippen molar-refractivity contribution < 1.29 is 4.79 Å². The van der Waals surface area contributed by atoms with Gasteiger partial charge in [-0.3, -0.25) is 4.79 Å². The minimum Gasteiger partial charge on any atom is -0.367 e. The molecule has 0 aliphatic rings. The molecule has 1 atom stereocenters. The molecule has 0 saturated heterocycles. The highest BCUT2D eigenvalue weighted by Gasteiger charge is 2.08. The number of carbonyl (C=O) groups is 1. The normalized spacial score (nSPS) is 11.7. The third-order valence-corrected chi connectivity index (χ3v) is 2.33. The van der Waals surface area contributed by atoms with Gasteiger partial charge >= 0.3 is 0 Å². The molecule has 0 aromatic carbocycles.